The van der Waals surface area contributed by atoms with E-state index < -0.39 is 0 Å². The Morgan fingerprint density at radius 3 is 2.58 bits per heavy atom. The smallest absolute Gasteiger partial charge is 0.177 e. The summed E-state index contributed by atoms with van der Waals surface area (Å²) in [5, 5.41) is 0. The molecule has 0 aromatic rings. The summed E-state index contributed by atoms with van der Waals surface area (Å²) in [6.07, 6.45) is 0.538. The number of hydrogen-bond donors (Lipinski definition) is 0. The molecular formula is C9H15NO2. The third-order valence-corrected chi connectivity index (χ3v) is 2.04. The molecule has 0 radical (unpaired) electrons. The third kappa shape index (κ3) is 2.08. The highest BCUT2D eigenvalue weighted by Gasteiger charge is 2.15. The second-order valence-electron chi connectivity index (χ2n) is 2.82. The quantitative estimate of drug-likeness (QED) is 0.585. The molecule has 1 saturated heterocycles. The Labute approximate surface area is 73.0 Å². The Bertz CT molecular complexity index is 183. The van der Waals surface area contributed by atoms with E-state index in [4.69, 9.17) is 4.74 Å². The number of rotatable bonds is 3. The van der Waals surface area contributed by atoms with Gasteiger partial charge in [-0.25, -0.2) is 0 Å². The number of morpholine rings is 1. The van der Waals surface area contributed by atoms with Crippen LogP contribution in [0.25, 0.3) is 0 Å². The number of nitrogens with zero attached hydrogens (tertiary/aromatic N) is 1. The van der Waals surface area contributed by atoms with Crippen LogP contribution in [-0.2, 0) is 9.53 Å². The molecule has 0 spiro atoms. The van der Waals surface area contributed by atoms with Crippen LogP contribution in [0.2, 0.25) is 0 Å². The van der Waals surface area contributed by atoms with Crippen molar-refractivity contribution in [3.63, 3.8) is 0 Å². The zero-order valence-electron chi connectivity index (χ0n) is 7.51. The minimum atomic E-state index is 0.136. The molecule has 0 bridgehead atoms. The van der Waals surface area contributed by atoms with Crippen molar-refractivity contribution in [2.45, 2.75) is 13.3 Å². The zero-order valence-corrected chi connectivity index (χ0v) is 7.51. The minimum absolute atomic E-state index is 0.136. The molecule has 68 valence electrons. The first kappa shape index (κ1) is 9.26. The van der Waals surface area contributed by atoms with Crippen LogP contribution in [0.3, 0.4) is 0 Å². The summed E-state index contributed by atoms with van der Waals surface area (Å²) in [7, 11) is 0. The average Bonchev–Trinajstić information content (AvgIpc) is 2.17. The monoisotopic (exact) mass is 169 g/mol. The number of allylic oxidation sites excluding steroid dienone is 1. The molecule has 1 rings (SSSR count). The van der Waals surface area contributed by atoms with E-state index in [-0.39, 0.29) is 5.78 Å². The van der Waals surface area contributed by atoms with Gasteiger partial charge in [0.15, 0.2) is 5.78 Å². The van der Waals surface area contributed by atoms with Crippen LogP contribution in [0.4, 0.5) is 0 Å². The number of carbonyl (C=O) groups excluding carboxylic acids is 1. The maximum atomic E-state index is 11.2. The van der Waals surface area contributed by atoms with E-state index in [1.54, 1.807) is 0 Å². The van der Waals surface area contributed by atoms with Crippen LogP contribution in [-0.4, -0.2) is 37.0 Å². The third-order valence-electron chi connectivity index (χ3n) is 2.04. The second-order valence-corrected chi connectivity index (χ2v) is 2.82. The van der Waals surface area contributed by atoms with E-state index in [1.165, 1.54) is 0 Å². The predicted molar refractivity (Wildman–Crippen MR) is 46.8 cm³/mol. The van der Waals surface area contributed by atoms with Gasteiger partial charge in [0.1, 0.15) is 0 Å². The SMILES string of the molecule is C=C(C(=O)CC)N1CCOCC1. The standard InChI is InChI=1S/C9H15NO2/c1-3-9(11)8(2)10-4-6-12-7-5-10/h2-7H2,1H3. The van der Waals surface area contributed by atoms with Crippen molar-refractivity contribution in [1.82, 2.24) is 4.90 Å². The Kier molecular flexibility index (Phi) is 3.29. The highest BCUT2D eigenvalue weighted by molar-refractivity contribution is 5.93. The minimum Gasteiger partial charge on any atom is -0.378 e. The maximum absolute atomic E-state index is 11.2. The van der Waals surface area contributed by atoms with Gasteiger partial charge in [0, 0.05) is 19.5 Å². The lowest BCUT2D eigenvalue weighted by Crippen LogP contribution is -2.37. The number of ketones is 1. The van der Waals surface area contributed by atoms with E-state index in [2.05, 4.69) is 6.58 Å². The van der Waals surface area contributed by atoms with Crippen LogP contribution in [0.5, 0.6) is 0 Å². The largest absolute Gasteiger partial charge is 0.378 e. The first-order valence-electron chi connectivity index (χ1n) is 4.30. The molecular weight excluding hydrogens is 154 g/mol. The van der Waals surface area contributed by atoms with Gasteiger partial charge in [0.05, 0.1) is 18.9 Å². The van der Waals surface area contributed by atoms with E-state index in [9.17, 15) is 4.79 Å². The first-order chi connectivity index (χ1) is 5.75. The normalized spacial score (nSPS) is 17.6. The van der Waals surface area contributed by atoms with Crippen molar-refractivity contribution in [3.8, 4) is 0 Å². The maximum Gasteiger partial charge on any atom is 0.177 e. The second kappa shape index (κ2) is 4.26. The van der Waals surface area contributed by atoms with Crippen LogP contribution >= 0.6 is 0 Å². The number of carbonyl (C=O) groups is 1. The molecule has 1 fully saturated rings. The van der Waals surface area contributed by atoms with E-state index in [0.717, 1.165) is 13.1 Å². The predicted octanol–water partition coefficient (Wildman–Crippen LogP) is 0.811. The van der Waals surface area contributed by atoms with Crippen molar-refractivity contribution in [3.05, 3.63) is 12.3 Å². The Hall–Kier alpha value is -0.830. The molecule has 1 aliphatic rings. The fourth-order valence-corrected chi connectivity index (χ4v) is 1.21. The number of Topliss-reactive ketones (excluding diaryl/α,β-unsaturated/α-hetero) is 1. The fraction of sp³-hybridized carbons (Fsp3) is 0.667. The van der Waals surface area contributed by atoms with Crippen molar-refractivity contribution in [1.29, 1.82) is 0 Å². The molecule has 1 heterocycles. The van der Waals surface area contributed by atoms with Crippen molar-refractivity contribution in [2.24, 2.45) is 0 Å². The van der Waals surface area contributed by atoms with Gasteiger partial charge in [-0.2, -0.15) is 0 Å². The zero-order chi connectivity index (χ0) is 8.97. The van der Waals surface area contributed by atoms with Gasteiger partial charge in [-0.3, -0.25) is 4.79 Å². The summed E-state index contributed by atoms with van der Waals surface area (Å²) in [6, 6.07) is 0. The van der Waals surface area contributed by atoms with Crippen molar-refractivity contribution >= 4 is 5.78 Å². The molecule has 0 amide bonds. The molecule has 3 nitrogen and oxygen atoms in total. The highest BCUT2D eigenvalue weighted by atomic mass is 16.5. The topological polar surface area (TPSA) is 29.5 Å². The molecule has 0 aliphatic carbocycles. The molecule has 3 heteroatoms. The first-order valence-corrected chi connectivity index (χ1v) is 4.30. The highest BCUT2D eigenvalue weighted by Crippen LogP contribution is 2.07. The average molecular weight is 169 g/mol. The van der Waals surface area contributed by atoms with Gasteiger partial charge >= 0.3 is 0 Å². The Morgan fingerprint density at radius 1 is 1.50 bits per heavy atom. The van der Waals surface area contributed by atoms with Crippen LogP contribution in [0.1, 0.15) is 13.3 Å². The Morgan fingerprint density at radius 2 is 2.08 bits per heavy atom. The summed E-state index contributed by atoms with van der Waals surface area (Å²) in [6.45, 7) is 8.63. The van der Waals surface area contributed by atoms with Crippen molar-refractivity contribution < 1.29 is 9.53 Å². The number of hydrogen-bond acceptors (Lipinski definition) is 3. The van der Waals surface area contributed by atoms with Gasteiger partial charge in [0.2, 0.25) is 0 Å². The van der Waals surface area contributed by atoms with Gasteiger partial charge in [-0.05, 0) is 0 Å². The molecule has 0 unspecified atom stereocenters. The Balaban J connectivity index is 2.45. The molecule has 0 N–H and O–H groups in total. The summed E-state index contributed by atoms with van der Waals surface area (Å²) >= 11 is 0. The molecule has 0 saturated carbocycles. The molecule has 12 heavy (non-hydrogen) atoms. The molecule has 0 aromatic carbocycles. The summed E-state index contributed by atoms with van der Waals surface area (Å²) in [5.74, 6) is 0.136. The lowest BCUT2D eigenvalue weighted by Gasteiger charge is -2.29. The van der Waals surface area contributed by atoms with Gasteiger partial charge in [-0.1, -0.05) is 13.5 Å². The fourth-order valence-electron chi connectivity index (χ4n) is 1.21. The van der Waals surface area contributed by atoms with E-state index in [1.807, 2.05) is 11.8 Å². The van der Waals surface area contributed by atoms with Crippen LogP contribution in [0.15, 0.2) is 12.3 Å². The van der Waals surface area contributed by atoms with Crippen molar-refractivity contribution in [2.75, 3.05) is 26.3 Å². The van der Waals surface area contributed by atoms with Gasteiger partial charge in [-0.15, -0.1) is 0 Å². The van der Waals surface area contributed by atoms with Crippen LogP contribution < -0.4 is 0 Å². The molecule has 0 atom stereocenters. The lowest BCUT2D eigenvalue weighted by molar-refractivity contribution is -0.117. The van der Waals surface area contributed by atoms with E-state index in [0.29, 0.717) is 25.3 Å². The summed E-state index contributed by atoms with van der Waals surface area (Å²) in [5.41, 5.74) is 0.640. The van der Waals surface area contributed by atoms with Crippen LogP contribution in [0, 0.1) is 0 Å². The number of ether oxygens (including phenoxy) is 1. The lowest BCUT2D eigenvalue weighted by atomic mass is 10.2. The van der Waals surface area contributed by atoms with Gasteiger partial charge < -0.3 is 9.64 Å². The summed E-state index contributed by atoms with van der Waals surface area (Å²) < 4.78 is 5.17. The van der Waals surface area contributed by atoms with E-state index >= 15 is 0 Å². The molecule has 0 aromatic heterocycles. The summed E-state index contributed by atoms with van der Waals surface area (Å²) in [4.78, 5) is 13.2. The van der Waals surface area contributed by atoms with Gasteiger partial charge in [0.25, 0.3) is 0 Å². The molecule has 1 aliphatic heterocycles.